The SMILES string of the molecule is Cc1cc(-c2ccccc2)cc(C(=O)NNS(=O)(=O)C2CC3CCC(C2)N3C(=O)OC(C)(C)C)c1F. The van der Waals surface area contributed by atoms with E-state index in [1.165, 1.54) is 6.07 Å². The predicted octanol–water partition coefficient (Wildman–Crippen LogP) is 4.30. The molecule has 2 aliphatic rings. The fourth-order valence-electron chi connectivity index (χ4n) is 4.99. The number of amides is 2. The lowest BCUT2D eigenvalue weighted by molar-refractivity contribution is 0.00809. The van der Waals surface area contributed by atoms with Gasteiger partial charge in [-0.3, -0.25) is 10.2 Å². The summed E-state index contributed by atoms with van der Waals surface area (Å²) < 4.78 is 46.3. The third-order valence-electron chi connectivity index (χ3n) is 6.65. The van der Waals surface area contributed by atoms with Crippen LogP contribution in [-0.2, 0) is 14.8 Å². The zero-order chi connectivity index (χ0) is 26.3. The summed E-state index contributed by atoms with van der Waals surface area (Å²) in [7, 11) is -3.96. The van der Waals surface area contributed by atoms with E-state index in [0.717, 1.165) is 5.56 Å². The van der Waals surface area contributed by atoms with Crippen LogP contribution in [0.4, 0.5) is 9.18 Å². The number of hydrogen-bond acceptors (Lipinski definition) is 5. The van der Waals surface area contributed by atoms with Gasteiger partial charge in [-0.15, -0.1) is 4.83 Å². The van der Waals surface area contributed by atoms with Gasteiger partial charge in [0, 0.05) is 12.1 Å². The molecule has 2 fully saturated rings. The molecule has 0 saturated carbocycles. The van der Waals surface area contributed by atoms with Crippen molar-refractivity contribution in [2.24, 2.45) is 0 Å². The molecule has 36 heavy (non-hydrogen) atoms. The number of rotatable bonds is 5. The van der Waals surface area contributed by atoms with Crippen molar-refractivity contribution in [3.63, 3.8) is 0 Å². The van der Waals surface area contributed by atoms with E-state index in [9.17, 15) is 22.4 Å². The molecule has 4 rings (SSSR count). The summed E-state index contributed by atoms with van der Waals surface area (Å²) in [5.74, 6) is -1.60. The van der Waals surface area contributed by atoms with Crippen molar-refractivity contribution in [2.75, 3.05) is 0 Å². The summed E-state index contributed by atoms with van der Waals surface area (Å²) in [6, 6.07) is 11.8. The molecule has 0 aliphatic carbocycles. The van der Waals surface area contributed by atoms with E-state index in [2.05, 4.69) is 10.3 Å². The van der Waals surface area contributed by atoms with Crippen molar-refractivity contribution in [2.45, 2.75) is 76.3 Å². The van der Waals surface area contributed by atoms with Gasteiger partial charge in [0.25, 0.3) is 5.91 Å². The minimum atomic E-state index is -3.96. The summed E-state index contributed by atoms with van der Waals surface area (Å²) in [4.78, 5) is 29.2. The lowest BCUT2D eigenvalue weighted by Crippen LogP contribution is -2.54. The van der Waals surface area contributed by atoms with Gasteiger partial charge in [0.05, 0.1) is 10.8 Å². The molecule has 2 heterocycles. The van der Waals surface area contributed by atoms with Crippen LogP contribution in [0.3, 0.4) is 0 Å². The summed E-state index contributed by atoms with van der Waals surface area (Å²) in [5, 5.41) is -0.795. The molecule has 8 nitrogen and oxygen atoms in total. The maximum Gasteiger partial charge on any atom is 0.410 e. The number of fused-ring (bicyclic) bond motifs is 2. The topological polar surface area (TPSA) is 105 Å². The molecule has 2 aromatic rings. The number of nitrogens with one attached hydrogen (secondary N) is 2. The Morgan fingerprint density at radius 2 is 1.64 bits per heavy atom. The van der Waals surface area contributed by atoms with Gasteiger partial charge in [0.2, 0.25) is 10.0 Å². The first-order chi connectivity index (χ1) is 16.9. The Morgan fingerprint density at radius 3 is 2.22 bits per heavy atom. The number of halogens is 1. The molecular weight excluding hydrogens is 485 g/mol. The highest BCUT2D eigenvalue weighted by Gasteiger charge is 2.48. The largest absolute Gasteiger partial charge is 0.444 e. The van der Waals surface area contributed by atoms with Gasteiger partial charge in [-0.25, -0.2) is 17.6 Å². The van der Waals surface area contributed by atoms with Gasteiger partial charge in [-0.1, -0.05) is 30.3 Å². The molecule has 0 radical (unpaired) electrons. The minimum Gasteiger partial charge on any atom is -0.444 e. The standard InChI is InChI=1S/C26H32FN3O5S/c1-16-12-18(17-8-6-5-7-9-17)13-22(23(16)27)24(31)28-29-36(33,34)21-14-19-10-11-20(15-21)30(19)25(32)35-26(2,3)4/h5-9,12-13,19-21,29H,10-11,14-15H2,1-4H3,(H,28,31). The maximum atomic E-state index is 14.8. The Kier molecular flexibility index (Phi) is 7.12. The second-order valence-electron chi connectivity index (χ2n) is 10.5. The summed E-state index contributed by atoms with van der Waals surface area (Å²) in [6.07, 6.45) is 1.42. The number of nitrogens with zero attached hydrogens (tertiary/aromatic N) is 1. The quantitative estimate of drug-likeness (QED) is 0.576. The van der Waals surface area contributed by atoms with Gasteiger partial charge in [-0.05, 0) is 82.2 Å². The molecule has 2 atom stereocenters. The number of hydrogen-bond donors (Lipinski definition) is 2. The Morgan fingerprint density at radius 1 is 1.03 bits per heavy atom. The van der Waals surface area contributed by atoms with Crippen LogP contribution in [-0.4, -0.2) is 48.3 Å². The van der Waals surface area contributed by atoms with E-state index >= 15 is 0 Å². The number of benzene rings is 2. The fourth-order valence-corrected chi connectivity index (χ4v) is 6.35. The number of carbonyl (C=O) groups is 2. The second-order valence-corrected chi connectivity index (χ2v) is 12.4. The lowest BCUT2D eigenvalue weighted by Gasteiger charge is -2.39. The average molecular weight is 518 g/mol. The van der Waals surface area contributed by atoms with E-state index in [0.29, 0.717) is 18.4 Å². The molecule has 2 bridgehead atoms. The van der Waals surface area contributed by atoms with Gasteiger partial charge in [0.15, 0.2) is 0 Å². The van der Waals surface area contributed by atoms with Crippen molar-refractivity contribution >= 4 is 22.0 Å². The highest BCUT2D eigenvalue weighted by molar-refractivity contribution is 7.90. The Balaban J connectivity index is 1.44. The molecule has 0 spiro atoms. The van der Waals surface area contributed by atoms with Gasteiger partial charge in [0.1, 0.15) is 11.4 Å². The molecule has 2 aromatic carbocycles. The monoisotopic (exact) mass is 517 g/mol. The van der Waals surface area contributed by atoms with Crippen molar-refractivity contribution < 1.29 is 27.1 Å². The van der Waals surface area contributed by atoms with E-state index < -0.39 is 38.7 Å². The van der Waals surface area contributed by atoms with E-state index in [-0.39, 0.29) is 36.1 Å². The highest BCUT2D eigenvalue weighted by atomic mass is 32.2. The van der Waals surface area contributed by atoms with Crippen molar-refractivity contribution in [3.8, 4) is 11.1 Å². The molecule has 2 amide bonds. The fraction of sp³-hybridized carbons (Fsp3) is 0.462. The number of carbonyl (C=O) groups excluding carboxylic acids is 2. The molecule has 2 N–H and O–H groups in total. The lowest BCUT2D eigenvalue weighted by atomic mass is 9.99. The molecular formula is C26H32FN3O5S. The number of hydrazine groups is 1. The van der Waals surface area contributed by atoms with Gasteiger partial charge in [-0.2, -0.15) is 0 Å². The molecule has 2 aliphatic heterocycles. The van der Waals surface area contributed by atoms with Crippen LogP contribution in [0.5, 0.6) is 0 Å². The molecule has 2 saturated heterocycles. The Hall–Kier alpha value is -2.98. The predicted molar refractivity (Wildman–Crippen MR) is 134 cm³/mol. The maximum absolute atomic E-state index is 14.8. The van der Waals surface area contributed by atoms with E-state index in [1.807, 2.05) is 30.3 Å². The normalized spacial score (nSPS) is 21.8. The first-order valence-corrected chi connectivity index (χ1v) is 13.6. The van der Waals surface area contributed by atoms with Crippen LogP contribution >= 0.6 is 0 Å². The van der Waals surface area contributed by atoms with Crippen LogP contribution in [0.25, 0.3) is 11.1 Å². The molecule has 194 valence electrons. The highest BCUT2D eigenvalue weighted by Crippen LogP contribution is 2.39. The zero-order valence-electron chi connectivity index (χ0n) is 20.9. The molecule has 10 heteroatoms. The zero-order valence-corrected chi connectivity index (χ0v) is 21.7. The van der Waals surface area contributed by atoms with Crippen molar-refractivity contribution in [1.29, 1.82) is 0 Å². The van der Waals surface area contributed by atoms with Gasteiger partial charge < -0.3 is 9.64 Å². The Labute approximate surface area is 211 Å². The van der Waals surface area contributed by atoms with Crippen LogP contribution in [0.15, 0.2) is 42.5 Å². The smallest absolute Gasteiger partial charge is 0.410 e. The third kappa shape index (κ3) is 5.54. The first kappa shape index (κ1) is 26.1. The van der Waals surface area contributed by atoms with Crippen LogP contribution in [0, 0.1) is 12.7 Å². The van der Waals surface area contributed by atoms with Crippen LogP contribution in [0.1, 0.15) is 62.4 Å². The second kappa shape index (κ2) is 9.82. The van der Waals surface area contributed by atoms with E-state index in [1.54, 1.807) is 38.7 Å². The average Bonchev–Trinajstić information content (AvgIpc) is 3.08. The number of aryl methyl sites for hydroxylation is 1. The third-order valence-corrected chi connectivity index (χ3v) is 8.30. The minimum absolute atomic E-state index is 0.234. The number of sulfonamides is 1. The van der Waals surface area contributed by atoms with Crippen molar-refractivity contribution in [1.82, 2.24) is 15.2 Å². The number of ether oxygens (including phenoxy) is 1. The Bertz CT molecular complexity index is 1250. The molecule has 2 unspecified atom stereocenters. The van der Waals surface area contributed by atoms with Crippen LogP contribution < -0.4 is 10.3 Å². The summed E-state index contributed by atoms with van der Waals surface area (Å²) in [6.45, 7) is 6.92. The summed E-state index contributed by atoms with van der Waals surface area (Å²) >= 11 is 0. The van der Waals surface area contributed by atoms with Crippen LogP contribution in [0.2, 0.25) is 0 Å². The van der Waals surface area contributed by atoms with E-state index in [4.69, 9.17) is 4.74 Å². The first-order valence-electron chi connectivity index (χ1n) is 12.0. The number of piperidine rings is 1. The van der Waals surface area contributed by atoms with Gasteiger partial charge >= 0.3 is 6.09 Å². The molecule has 0 aromatic heterocycles. The summed E-state index contributed by atoms with van der Waals surface area (Å²) in [5.41, 5.74) is 3.01. The van der Waals surface area contributed by atoms with Crippen molar-refractivity contribution in [3.05, 3.63) is 59.4 Å².